The molecule has 0 amide bonds. The van der Waals surface area contributed by atoms with Gasteiger partial charge < -0.3 is 14.6 Å². The normalized spacial score (nSPS) is 13.4. The third-order valence-corrected chi connectivity index (χ3v) is 5.33. The van der Waals surface area contributed by atoms with Crippen molar-refractivity contribution in [3.8, 4) is 11.5 Å². The monoisotopic (exact) mass is 531 g/mol. The third-order valence-electron chi connectivity index (χ3n) is 4.96. The molecule has 2 aromatic rings. The van der Waals surface area contributed by atoms with Crippen molar-refractivity contribution in [2.75, 3.05) is 19.7 Å². The van der Waals surface area contributed by atoms with Crippen molar-refractivity contribution in [1.29, 1.82) is 0 Å². The van der Waals surface area contributed by atoms with Crippen LogP contribution < -0.4 is 9.47 Å². The first-order valence-electron chi connectivity index (χ1n) is 10.6. The number of hydrogen-bond acceptors (Lipinski definition) is 4. The smallest absolute Gasteiger partial charge is 0.461 e. The number of alkyl halides is 7. The first kappa shape index (κ1) is 29.0. The summed E-state index contributed by atoms with van der Waals surface area (Å²) in [5.41, 5.74) is 0.810. The van der Waals surface area contributed by atoms with Crippen LogP contribution >= 0.6 is 11.6 Å². The summed E-state index contributed by atoms with van der Waals surface area (Å²) >= 11 is 6.06. The molecule has 1 unspecified atom stereocenters. The van der Waals surface area contributed by atoms with Gasteiger partial charge in [-0.25, -0.2) is 0 Å². The molecule has 196 valence electrons. The van der Waals surface area contributed by atoms with Crippen molar-refractivity contribution in [3.05, 3.63) is 58.6 Å². The number of rotatable bonds is 13. The van der Waals surface area contributed by atoms with Crippen molar-refractivity contribution in [2.45, 2.75) is 51.1 Å². The fourth-order valence-corrected chi connectivity index (χ4v) is 3.39. The Labute approximate surface area is 203 Å². The number of para-hydroxylation sites is 1. The molecule has 0 bridgehead atoms. The van der Waals surface area contributed by atoms with E-state index in [1.807, 2.05) is 6.92 Å². The van der Waals surface area contributed by atoms with E-state index in [9.17, 15) is 35.8 Å². The van der Waals surface area contributed by atoms with E-state index in [0.717, 1.165) is 16.5 Å². The quantitative estimate of drug-likeness (QED) is 0.242. The van der Waals surface area contributed by atoms with Crippen molar-refractivity contribution in [3.63, 3.8) is 0 Å². The van der Waals surface area contributed by atoms with Crippen molar-refractivity contribution < 1.29 is 45.3 Å². The van der Waals surface area contributed by atoms with E-state index in [4.69, 9.17) is 16.3 Å². The molecule has 0 saturated carbocycles. The maximum Gasteiger partial charge on any atom is 0.461 e. The Kier molecular flexibility index (Phi) is 10.5. The molecule has 4 nitrogen and oxygen atoms in total. The predicted octanol–water partition coefficient (Wildman–Crippen LogP) is 6.33. The van der Waals surface area contributed by atoms with E-state index < -0.39 is 37.1 Å². The number of hydrogen-bond donors (Lipinski definition) is 1. The van der Waals surface area contributed by atoms with Crippen LogP contribution in [0.2, 0.25) is 5.02 Å². The summed E-state index contributed by atoms with van der Waals surface area (Å²) in [7, 11) is 0. The van der Waals surface area contributed by atoms with Gasteiger partial charge >= 0.3 is 18.7 Å². The van der Waals surface area contributed by atoms with Gasteiger partial charge in [0.25, 0.3) is 0 Å². The van der Waals surface area contributed by atoms with Gasteiger partial charge in [-0.3, -0.25) is 4.90 Å². The molecule has 0 aliphatic heterocycles. The maximum atomic E-state index is 13.4. The van der Waals surface area contributed by atoms with E-state index >= 15 is 0 Å². The highest BCUT2D eigenvalue weighted by molar-refractivity contribution is 6.31. The minimum Gasteiger partial charge on any atom is -0.494 e. The topological polar surface area (TPSA) is 41.9 Å². The number of ether oxygens (including phenoxy) is 2. The van der Waals surface area contributed by atoms with E-state index in [1.165, 1.54) is 18.2 Å². The lowest BCUT2D eigenvalue weighted by Gasteiger charge is -2.27. The van der Waals surface area contributed by atoms with Crippen LogP contribution in [-0.2, 0) is 13.0 Å². The van der Waals surface area contributed by atoms with Crippen molar-refractivity contribution >= 4 is 11.6 Å². The number of halogens is 8. The Balaban J connectivity index is 2.10. The Morgan fingerprint density at radius 2 is 1.71 bits per heavy atom. The summed E-state index contributed by atoms with van der Waals surface area (Å²) < 4.78 is 100. The summed E-state index contributed by atoms with van der Waals surface area (Å²) in [6.07, 6.45) is -15.6. The fourth-order valence-electron chi connectivity index (χ4n) is 3.14. The number of aliphatic hydroxyl groups is 1. The zero-order valence-electron chi connectivity index (χ0n) is 18.7. The molecule has 35 heavy (non-hydrogen) atoms. The molecule has 2 rings (SSSR count). The highest BCUT2D eigenvalue weighted by Crippen LogP contribution is 2.31. The number of benzene rings is 2. The predicted molar refractivity (Wildman–Crippen MR) is 116 cm³/mol. The van der Waals surface area contributed by atoms with Crippen molar-refractivity contribution in [2.24, 2.45) is 0 Å². The zero-order valence-corrected chi connectivity index (χ0v) is 19.4. The fraction of sp³-hybridized carbons (Fsp3) is 0.478. The molecular weight excluding hydrogens is 507 g/mol. The molecule has 0 saturated heterocycles. The third kappa shape index (κ3) is 9.05. The van der Waals surface area contributed by atoms with Crippen LogP contribution in [0.5, 0.6) is 11.5 Å². The SMILES string of the molecule is CCc1cc(OCCCN(Cc2ccccc2OC(F)(F)C(F)F)CC(O)C(F)(F)F)ccc1Cl. The highest BCUT2D eigenvalue weighted by Gasteiger charge is 2.44. The van der Waals surface area contributed by atoms with Crippen LogP contribution in [0.15, 0.2) is 42.5 Å². The molecule has 0 spiro atoms. The van der Waals surface area contributed by atoms with Gasteiger partial charge in [-0.05, 0) is 42.7 Å². The Morgan fingerprint density at radius 1 is 1.03 bits per heavy atom. The van der Waals surface area contributed by atoms with Crippen molar-refractivity contribution in [1.82, 2.24) is 4.90 Å². The molecule has 0 heterocycles. The van der Waals surface area contributed by atoms with Crippen LogP contribution in [-0.4, -0.2) is 54.5 Å². The minimum atomic E-state index is -4.91. The molecular formula is C23H25ClF7NO3. The molecule has 2 aromatic carbocycles. The zero-order chi connectivity index (χ0) is 26.2. The van der Waals surface area contributed by atoms with E-state index in [0.29, 0.717) is 17.2 Å². The molecule has 12 heteroatoms. The lowest BCUT2D eigenvalue weighted by molar-refractivity contribution is -0.253. The second kappa shape index (κ2) is 12.6. The standard InChI is InChI=1S/C23H25ClF7NO3/c1-2-15-12-17(8-9-18(15)24)34-11-5-10-32(14-20(33)22(27,28)29)13-16-6-3-4-7-19(16)35-23(30,31)21(25)26/h3-4,6-9,12,20-21,33H,2,5,10-11,13-14H2,1H3. The van der Waals surface area contributed by atoms with Gasteiger partial charge in [0.05, 0.1) is 6.61 Å². The molecule has 0 aliphatic rings. The molecule has 1 atom stereocenters. The van der Waals surface area contributed by atoms with Gasteiger partial charge in [0.1, 0.15) is 11.5 Å². The maximum absolute atomic E-state index is 13.4. The van der Waals surface area contributed by atoms with Gasteiger partial charge in [0.2, 0.25) is 0 Å². The van der Waals surface area contributed by atoms with E-state index in [-0.39, 0.29) is 31.7 Å². The molecule has 0 fully saturated rings. The van der Waals surface area contributed by atoms with Gasteiger partial charge in [0.15, 0.2) is 6.10 Å². The lowest BCUT2D eigenvalue weighted by Crippen LogP contribution is -2.41. The van der Waals surface area contributed by atoms with Gasteiger partial charge in [-0.1, -0.05) is 36.7 Å². The first-order valence-corrected chi connectivity index (χ1v) is 11.0. The summed E-state index contributed by atoms with van der Waals surface area (Å²) in [6, 6.07) is 9.98. The lowest BCUT2D eigenvalue weighted by atomic mass is 10.1. The molecule has 1 N–H and O–H groups in total. The second-order valence-electron chi connectivity index (χ2n) is 7.67. The minimum absolute atomic E-state index is 0.0268. The average Bonchev–Trinajstić information content (AvgIpc) is 2.77. The average molecular weight is 532 g/mol. The molecule has 0 radical (unpaired) electrons. The van der Waals surface area contributed by atoms with Crippen LogP contribution in [0.1, 0.15) is 24.5 Å². The summed E-state index contributed by atoms with van der Waals surface area (Å²) in [5.74, 6) is -0.0880. The summed E-state index contributed by atoms with van der Waals surface area (Å²) in [6.45, 7) is 0.743. The number of aryl methyl sites for hydroxylation is 1. The summed E-state index contributed by atoms with van der Waals surface area (Å²) in [4.78, 5) is 1.16. The van der Waals surface area contributed by atoms with Crippen LogP contribution in [0, 0.1) is 0 Å². The highest BCUT2D eigenvalue weighted by atomic mass is 35.5. The number of nitrogens with zero attached hydrogens (tertiary/aromatic N) is 1. The summed E-state index contributed by atoms with van der Waals surface area (Å²) in [5, 5.41) is 10.1. The Morgan fingerprint density at radius 3 is 2.34 bits per heavy atom. The molecule has 0 aliphatic carbocycles. The largest absolute Gasteiger partial charge is 0.494 e. The van der Waals surface area contributed by atoms with Crippen LogP contribution in [0.25, 0.3) is 0 Å². The Hall–Kier alpha value is -2.24. The van der Waals surface area contributed by atoms with Crippen LogP contribution in [0.3, 0.4) is 0 Å². The molecule has 0 aromatic heterocycles. The van der Waals surface area contributed by atoms with Crippen LogP contribution in [0.4, 0.5) is 30.7 Å². The van der Waals surface area contributed by atoms with Gasteiger partial charge in [-0.15, -0.1) is 0 Å². The Bertz CT molecular complexity index is 944. The van der Waals surface area contributed by atoms with Gasteiger partial charge in [0, 0.05) is 30.2 Å². The van der Waals surface area contributed by atoms with E-state index in [1.54, 1.807) is 18.2 Å². The first-order chi connectivity index (χ1) is 16.3. The van der Waals surface area contributed by atoms with Gasteiger partial charge in [-0.2, -0.15) is 30.7 Å². The second-order valence-corrected chi connectivity index (χ2v) is 8.08. The van der Waals surface area contributed by atoms with E-state index in [2.05, 4.69) is 4.74 Å². The number of aliphatic hydroxyl groups excluding tert-OH is 1.